The first-order valence-corrected chi connectivity index (χ1v) is 6.14. The van der Waals surface area contributed by atoms with Crippen LogP contribution in [-0.4, -0.2) is 6.04 Å². The first kappa shape index (κ1) is 12.3. The Labute approximate surface area is 109 Å². The van der Waals surface area contributed by atoms with Crippen molar-refractivity contribution in [3.05, 3.63) is 65.7 Å². The first-order valence-electron chi connectivity index (χ1n) is 6.14. The SMILES string of the molecule is Cc1ccccc1C#C[C@@H](C)Nc1ccccc1. The molecule has 0 aliphatic rings. The van der Waals surface area contributed by atoms with Crippen LogP contribution in [0.15, 0.2) is 54.6 Å². The van der Waals surface area contributed by atoms with Crippen LogP contribution in [0.1, 0.15) is 18.1 Å². The molecule has 2 aromatic carbocycles. The summed E-state index contributed by atoms with van der Waals surface area (Å²) >= 11 is 0. The van der Waals surface area contributed by atoms with Crippen molar-refractivity contribution in [2.75, 3.05) is 5.32 Å². The Balaban J connectivity index is 2.05. The highest BCUT2D eigenvalue weighted by Crippen LogP contribution is 2.07. The lowest BCUT2D eigenvalue weighted by Crippen LogP contribution is -2.12. The Bertz CT molecular complexity index is 561. The molecule has 0 aromatic heterocycles. The van der Waals surface area contributed by atoms with Gasteiger partial charge < -0.3 is 5.32 Å². The van der Waals surface area contributed by atoms with Crippen molar-refractivity contribution in [2.45, 2.75) is 19.9 Å². The van der Waals surface area contributed by atoms with Crippen LogP contribution in [0, 0.1) is 18.8 Å². The van der Waals surface area contributed by atoms with E-state index in [4.69, 9.17) is 0 Å². The summed E-state index contributed by atoms with van der Waals surface area (Å²) in [5.41, 5.74) is 3.42. The zero-order valence-corrected chi connectivity index (χ0v) is 10.8. The molecular formula is C17H17N. The Kier molecular flexibility index (Phi) is 4.04. The fourth-order valence-electron chi connectivity index (χ4n) is 1.72. The van der Waals surface area contributed by atoms with Crippen molar-refractivity contribution in [2.24, 2.45) is 0 Å². The summed E-state index contributed by atoms with van der Waals surface area (Å²) in [4.78, 5) is 0. The van der Waals surface area contributed by atoms with Crippen LogP contribution in [0.25, 0.3) is 0 Å². The fourth-order valence-corrected chi connectivity index (χ4v) is 1.72. The Morgan fingerprint density at radius 2 is 1.61 bits per heavy atom. The van der Waals surface area contributed by atoms with Gasteiger partial charge in [0.2, 0.25) is 0 Å². The van der Waals surface area contributed by atoms with Gasteiger partial charge in [-0.05, 0) is 37.6 Å². The Morgan fingerprint density at radius 1 is 0.944 bits per heavy atom. The van der Waals surface area contributed by atoms with Crippen LogP contribution in [0.2, 0.25) is 0 Å². The minimum absolute atomic E-state index is 0.131. The standard InChI is InChI=1S/C17H17N/c1-14-8-6-7-9-16(14)13-12-15(2)18-17-10-4-3-5-11-17/h3-11,15,18H,1-2H3/t15-/m1/s1. The molecule has 0 amide bonds. The maximum Gasteiger partial charge on any atom is 0.0852 e. The van der Waals surface area contributed by atoms with Gasteiger partial charge >= 0.3 is 0 Å². The average Bonchev–Trinajstić information content (AvgIpc) is 2.39. The van der Waals surface area contributed by atoms with E-state index < -0.39 is 0 Å². The Hall–Kier alpha value is -2.20. The second kappa shape index (κ2) is 5.93. The number of aryl methyl sites for hydroxylation is 1. The van der Waals surface area contributed by atoms with E-state index in [-0.39, 0.29) is 6.04 Å². The van der Waals surface area contributed by atoms with Gasteiger partial charge in [0.15, 0.2) is 0 Å². The van der Waals surface area contributed by atoms with Gasteiger partial charge in [0.25, 0.3) is 0 Å². The zero-order chi connectivity index (χ0) is 12.8. The van der Waals surface area contributed by atoms with Crippen molar-refractivity contribution < 1.29 is 0 Å². The third-order valence-corrected chi connectivity index (χ3v) is 2.73. The smallest absolute Gasteiger partial charge is 0.0852 e. The molecule has 1 nitrogen and oxygen atoms in total. The molecule has 90 valence electrons. The molecule has 0 aliphatic carbocycles. The van der Waals surface area contributed by atoms with Crippen LogP contribution in [0.4, 0.5) is 5.69 Å². The van der Waals surface area contributed by atoms with Crippen LogP contribution in [0.5, 0.6) is 0 Å². The molecule has 0 spiro atoms. The molecule has 2 rings (SSSR count). The molecule has 0 saturated heterocycles. The number of para-hydroxylation sites is 1. The summed E-state index contributed by atoms with van der Waals surface area (Å²) in [6.45, 7) is 4.15. The van der Waals surface area contributed by atoms with Gasteiger partial charge in [-0.3, -0.25) is 0 Å². The van der Waals surface area contributed by atoms with Gasteiger partial charge in [-0.2, -0.15) is 0 Å². The normalized spacial score (nSPS) is 11.2. The molecule has 0 unspecified atom stereocenters. The van der Waals surface area contributed by atoms with E-state index in [2.05, 4.69) is 43.1 Å². The monoisotopic (exact) mass is 235 g/mol. The largest absolute Gasteiger partial charge is 0.372 e. The summed E-state index contributed by atoms with van der Waals surface area (Å²) in [5, 5.41) is 3.36. The molecule has 0 heterocycles. The van der Waals surface area contributed by atoms with E-state index >= 15 is 0 Å². The first-order chi connectivity index (χ1) is 8.75. The molecule has 0 saturated carbocycles. The van der Waals surface area contributed by atoms with Crippen molar-refractivity contribution >= 4 is 5.69 Å². The number of nitrogens with one attached hydrogen (secondary N) is 1. The summed E-state index contributed by atoms with van der Waals surface area (Å²) < 4.78 is 0. The van der Waals surface area contributed by atoms with E-state index in [0.29, 0.717) is 0 Å². The molecule has 0 radical (unpaired) electrons. The molecule has 2 aromatic rings. The second-order valence-electron chi connectivity index (χ2n) is 4.32. The lowest BCUT2D eigenvalue weighted by molar-refractivity contribution is 1.03. The van der Waals surface area contributed by atoms with E-state index in [1.807, 2.05) is 42.5 Å². The van der Waals surface area contributed by atoms with Crippen LogP contribution < -0.4 is 5.32 Å². The zero-order valence-electron chi connectivity index (χ0n) is 10.8. The second-order valence-corrected chi connectivity index (χ2v) is 4.32. The van der Waals surface area contributed by atoms with E-state index in [0.717, 1.165) is 11.3 Å². The summed E-state index contributed by atoms with van der Waals surface area (Å²) in [7, 11) is 0. The third-order valence-electron chi connectivity index (χ3n) is 2.73. The minimum atomic E-state index is 0.131. The third kappa shape index (κ3) is 3.40. The summed E-state index contributed by atoms with van der Waals surface area (Å²) in [6.07, 6.45) is 0. The van der Waals surface area contributed by atoms with E-state index in [1.54, 1.807) is 0 Å². The van der Waals surface area contributed by atoms with Gasteiger partial charge in [0, 0.05) is 11.3 Å². The number of rotatable bonds is 2. The average molecular weight is 235 g/mol. The van der Waals surface area contributed by atoms with Gasteiger partial charge in [-0.15, -0.1) is 0 Å². The maximum absolute atomic E-state index is 3.36. The molecule has 1 N–H and O–H groups in total. The van der Waals surface area contributed by atoms with Crippen molar-refractivity contribution in [3.63, 3.8) is 0 Å². The van der Waals surface area contributed by atoms with Crippen molar-refractivity contribution in [1.82, 2.24) is 0 Å². The lowest BCUT2D eigenvalue weighted by Gasteiger charge is -2.08. The fraction of sp³-hybridized carbons (Fsp3) is 0.176. The van der Waals surface area contributed by atoms with E-state index in [9.17, 15) is 0 Å². The molecular weight excluding hydrogens is 218 g/mol. The van der Waals surface area contributed by atoms with Crippen LogP contribution >= 0.6 is 0 Å². The highest BCUT2D eigenvalue weighted by Gasteiger charge is 1.96. The van der Waals surface area contributed by atoms with Gasteiger partial charge in [-0.25, -0.2) is 0 Å². The molecule has 0 aliphatic heterocycles. The quantitative estimate of drug-likeness (QED) is 0.780. The van der Waals surface area contributed by atoms with Crippen molar-refractivity contribution in [3.8, 4) is 11.8 Å². The number of anilines is 1. The highest BCUT2D eigenvalue weighted by molar-refractivity contribution is 5.47. The number of benzene rings is 2. The number of hydrogen-bond acceptors (Lipinski definition) is 1. The molecule has 0 fully saturated rings. The highest BCUT2D eigenvalue weighted by atomic mass is 14.9. The van der Waals surface area contributed by atoms with Gasteiger partial charge in [0.1, 0.15) is 0 Å². The van der Waals surface area contributed by atoms with Crippen LogP contribution in [-0.2, 0) is 0 Å². The molecule has 18 heavy (non-hydrogen) atoms. The molecule has 1 atom stereocenters. The van der Waals surface area contributed by atoms with Gasteiger partial charge in [0.05, 0.1) is 6.04 Å². The van der Waals surface area contributed by atoms with Crippen LogP contribution in [0.3, 0.4) is 0 Å². The number of hydrogen-bond donors (Lipinski definition) is 1. The summed E-state index contributed by atoms with van der Waals surface area (Å²) in [5.74, 6) is 6.45. The Morgan fingerprint density at radius 3 is 2.33 bits per heavy atom. The summed E-state index contributed by atoms with van der Waals surface area (Å²) in [6, 6.07) is 18.5. The predicted molar refractivity (Wildman–Crippen MR) is 77.6 cm³/mol. The molecule has 1 heteroatoms. The predicted octanol–water partition coefficient (Wildman–Crippen LogP) is 3.85. The lowest BCUT2D eigenvalue weighted by atomic mass is 10.1. The minimum Gasteiger partial charge on any atom is -0.372 e. The topological polar surface area (TPSA) is 12.0 Å². The van der Waals surface area contributed by atoms with E-state index in [1.165, 1.54) is 5.56 Å². The maximum atomic E-state index is 3.36. The molecule has 0 bridgehead atoms. The van der Waals surface area contributed by atoms with Crippen molar-refractivity contribution in [1.29, 1.82) is 0 Å². The van der Waals surface area contributed by atoms with Gasteiger partial charge in [-0.1, -0.05) is 48.2 Å².